The third-order valence-electron chi connectivity index (χ3n) is 5.44. The number of carbonyl (C=O) groups excluding carboxylic acids is 1. The number of anilines is 1. The molecule has 0 radical (unpaired) electrons. The van der Waals surface area contributed by atoms with Gasteiger partial charge in [-0.2, -0.15) is 5.10 Å². The first kappa shape index (κ1) is 19.4. The first-order valence-electron chi connectivity index (χ1n) is 10.2. The third-order valence-corrected chi connectivity index (χ3v) is 5.44. The minimum atomic E-state index is -0.151. The Labute approximate surface area is 169 Å². The third kappa shape index (κ3) is 4.56. The molecular weight excluding hydrogens is 369 g/mol. The molecule has 1 saturated heterocycles. The van der Waals surface area contributed by atoms with Gasteiger partial charge < -0.3 is 10.2 Å². The van der Waals surface area contributed by atoms with Crippen LogP contribution in [0.1, 0.15) is 23.3 Å². The summed E-state index contributed by atoms with van der Waals surface area (Å²) >= 11 is 0. The van der Waals surface area contributed by atoms with E-state index in [1.54, 1.807) is 6.07 Å². The summed E-state index contributed by atoms with van der Waals surface area (Å²) in [5, 5.41) is 10.8. The van der Waals surface area contributed by atoms with Gasteiger partial charge in [0.25, 0.3) is 5.91 Å². The second-order valence-electron chi connectivity index (χ2n) is 7.36. The van der Waals surface area contributed by atoms with E-state index < -0.39 is 0 Å². The summed E-state index contributed by atoms with van der Waals surface area (Å²) in [5.41, 5.74) is 2.01. The van der Waals surface area contributed by atoms with E-state index in [0.29, 0.717) is 17.9 Å². The van der Waals surface area contributed by atoms with Crippen LogP contribution in [0.4, 0.5) is 10.1 Å². The van der Waals surface area contributed by atoms with Crippen molar-refractivity contribution in [1.82, 2.24) is 20.4 Å². The zero-order chi connectivity index (χ0) is 20.1. The lowest BCUT2D eigenvalue weighted by molar-refractivity contribution is 0.0949. The van der Waals surface area contributed by atoms with Crippen molar-refractivity contribution in [2.75, 3.05) is 44.2 Å². The Balaban J connectivity index is 1.15. The molecule has 0 atom stereocenters. The van der Waals surface area contributed by atoms with Crippen LogP contribution >= 0.6 is 0 Å². The van der Waals surface area contributed by atoms with Crippen LogP contribution in [0.3, 0.4) is 0 Å². The lowest BCUT2D eigenvalue weighted by Crippen LogP contribution is -2.47. The summed E-state index contributed by atoms with van der Waals surface area (Å²) in [6.45, 7) is 5.16. The zero-order valence-corrected chi connectivity index (χ0v) is 16.4. The average Bonchev–Trinajstić information content (AvgIpc) is 3.19. The number of piperazine rings is 1. The Morgan fingerprint density at radius 1 is 1.03 bits per heavy atom. The Morgan fingerprint density at radius 2 is 1.79 bits per heavy atom. The molecule has 2 N–H and O–H groups in total. The summed E-state index contributed by atoms with van der Waals surface area (Å²) in [5.74, 6) is -0.290. The summed E-state index contributed by atoms with van der Waals surface area (Å²) in [4.78, 5) is 16.9. The van der Waals surface area contributed by atoms with Gasteiger partial charge in [-0.05, 0) is 37.6 Å². The largest absolute Gasteiger partial charge is 0.367 e. The van der Waals surface area contributed by atoms with Crippen molar-refractivity contribution in [2.24, 2.45) is 0 Å². The SMILES string of the molecule is O=C(NCCCCN1CCN(c2ccccc2F)CC1)c1n[nH]c2ccccc12. The summed E-state index contributed by atoms with van der Waals surface area (Å²) in [6, 6.07) is 14.6. The van der Waals surface area contributed by atoms with Gasteiger partial charge in [-0.25, -0.2) is 4.39 Å². The molecule has 0 bridgehead atoms. The smallest absolute Gasteiger partial charge is 0.272 e. The number of benzene rings is 2. The number of carbonyl (C=O) groups is 1. The molecule has 29 heavy (non-hydrogen) atoms. The molecule has 0 unspecified atom stereocenters. The van der Waals surface area contributed by atoms with Gasteiger partial charge in [-0.3, -0.25) is 14.8 Å². The van der Waals surface area contributed by atoms with Gasteiger partial charge in [-0.1, -0.05) is 30.3 Å². The molecule has 3 aromatic rings. The summed E-state index contributed by atoms with van der Waals surface area (Å²) in [7, 11) is 0. The number of aromatic nitrogens is 2. The van der Waals surface area contributed by atoms with Crippen LogP contribution in [0, 0.1) is 5.82 Å². The number of nitrogens with zero attached hydrogens (tertiary/aromatic N) is 3. The zero-order valence-electron chi connectivity index (χ0n) is 16.4. The number of halogens is 1. The van der Waals surface area contributed by atoms with Crippen LogP contribution in [0.2, 0.25) is 0 Å². The van der Waals surface area contributed by atoms with Crippen molar-refractivity contribution in [1.29, 1.82) is 0 Å². The highest BCUT2D eigenvalue weighted by molar-refractivity contribution is 6.04. The van der Waals surface area contributed by atoms with E-state index in [0.717, 1.165) is 56.5 Å². The molecule has 0 saturated carbocycles. The predicted molar refractivity (Wildman–Crippen MR) is 113 cm³/mol. The molecular formula is C22H26FN5O. The molecule has 0 aliphatic carbocycles. The standard InChI is InChI=1S/C22H26FN5O/c23-18-8-2-4-10-20(18)28-15-13-27(14-16-28)12-6-5-11-24-22(29)21-17-7-1-3-9-19(17)25-26-21/h1-4,7-10H,5-6,11-16H2,(H,24,29)(H,25,26). The van der Waals surface area contributed by atoms with Crippen LogP contribution in [-0.2, 0) is 0 Å². The minimum absolute atomic E-state index is 0.138. The van der Waals surface area contributed by atoms with Crippen molar-refractivity contribution in [2.45, 2.75) is 12.8 Å². The highest BCUT2D eigenvalue weighted by Gasteiger charge is 2.19. The molecule has 152 valence electrons. The van der Waals surface area contributed by atoms with Gasteiger partial charge in [0.05, 0.1) is 11.2 Å². The minimum Gasteiger partial charge on any atom is -0.367 e. The van der Waals surface area contributed by atoms with Crippen LogP contribution in [0.5, 0.6) is 0 Å². The van der Waals surface area contributed by atoms with E-state index in [1.807, 2.05) is 36.4 Å². The molecule has 1 aliphatic rings. The maximum Gasteiger partial charge on any atom is 0.272 e. The normalized spacial score (nSPS) is 15.0. The lowest BCUT2D eigenvalue weighted by Gasteiger charge is -2.36. The van der Waals surface area contributed by atoms with Crippen molar-refractivity contribution in [3.05, 3.63) is 60.0 Å². The first-order chi connectivity index (χ1) is 14.2. The van der Waals surface area contributed by atoms with Gasteiger partial charge >= 0.3 is 0 Å². The number of amides is 1. The molecule has 4 rings (SSSR count). The molecule has 1 aromatic heterocycles. The maximum absolute atomic E-state index is 13.9. The van der Waals surface area contributed by atoms with Crippen LogP contribution in [-0.4, -0.2) is 60.3 Å². The van der Waals surface area contributed by atoms with Crippen LogP contribution in [0.15, 0.2) is 48.5 Å². The highest BCUT2D eigenvalue weighted by atomic mass is 19.1. The van der Waals surface area contributed by atoms with E-state index in [1.165, 1.54) is 6.07 Å². The van der Waals surface area contributed by atoms with E-state index in [-0.39, 0.29) is 11.7 Å². The Morgan fingerprint density at radius 3 is 2.62 bits per heavy atom. The first-order valence-corrected chi connectivity index (χ1v) is 10.2. The Bertz CT molecular complexity index is 965. The molecule has 6 nitrogen and oxygen atoms in total. The van der Waals surface area contributed by atoms with E-state index in [2.05, 4.69) is 25.3 Å². The van der Waals surface area contributed by atoms with E-state index in [4.69, 9.17) is 0 Å². The number of fused-ring (bicyclic) bond motifs is 1. The van der Waals surface area contributed by atoms with Crippen molar-refractivity contribution < 1.29 is 9.18 Å². The van der Waals surface area contributed by atoms with E-state index in [9.17, 15) is 9.18 Å². The van der Waals surface area contributed by atoms with Crippen molar-refractivity contribution in [3.63, 3.8) is 0 Å². The molecule has 2 heterocycles. The monoisotopic (exact) mass is 395 g/mol. The number of rotatable bonds is 7. The Kier molecular flexibility index (Phi) is 6.05. The van der Waals surface area contributed by atoms with Crippen molar-refractivity contribution >= 4 is 22.5 Å². The molecule has 7 heteroatoms. The average molecular weight is 395 g/mol. The summed E-state index contributed by atoms with van der Waals surface area (Å²) in [6.07, 6.45) is 1.93. The fourth-order valence-electron chi connectivity index (χ4n) is 3.80. The number of hydrogen-bond acceptors (Lipinski definition) is 4. The number of nitrogens with one attached hydrogen (secondary N) is 2. The molecule has 1 aliphatic heterocycles. The number of aromatic amines is 1. The fourth-order valence-corrected chi connectivity index (χ4v) is 3.80. The van der Waals surface area contributed by atoms with Crippen LogP contribution in [0.25, 0.3) is 10.9 Å². The molecule has 1 fully saturated rings. The quantitative estimate of drug-likeness (QED) is 0.604. The van der Waals surface area contributed by atoms with Gasteiger partial charge in [0.2, 0.25) is 0 Å². The maximum atomic E-state index is 13.9. The number of hydrogen-bond donors (Lipinski definition) is 2. The molecule has 1 amide bonds. The van der Waals surface area contributed by atoms with Crippen molar-refractivity contribution in [3.8, 4) is 0 Å². The predicted octanol–water partition coefficient (Wildman–Crippen LogP) is 3.03. The van der Waals surface area contributed by atoms with Gasteiger partial charge in [0.15, 0.2) is 5.69 Å². The topological polar surface area (TPSA) is 64.3 Å². The van der Waals surface area contributed by atoms with Gasteiger partial charge in [-0.15, -0.1) is 0 Å². The number of unbranched alkanes of at least 4 members (excludes halogenated alkanes) is 1. The highest BCUT2D eigenvalue weighted by Crippen LogP contribution is 2.20. The van der Waals surface area contributed by atoms with Crippen LogP contribution < -0.4 is 10.2 Å². The molecule has 2 aromatic carbocycles. The number of H-pyrrole nitrogens is 1. The van der Waals surface area contributed by atoms with Gasteiger partial charge in [0, 0.05) is 38.1 Å². The number of para-hydroxylation sites is 2. The fraction of sp³-hybridized carbons (Fsp3) is 0.364. The van der Waals surface area contributed by atoms with Gasteiger partial charge in [0.1, 0.15) is 5.82 Å². The van der Waals surface area contributed by atoms with E-state index >= 15 is 0 Å². The summed E-state index contributed by atoms with van der Waals surface area (Å²) < 4.78 is 13.9. The Hall–Kier alpha value is -2.93. The second kappa shape index (κ2) is 9.05. The lowest BCUT2D eigenvalue weighted by atomic mass is 10.2. The molecule has 0 spiro atoms. The second-order valence-corrected chi connectivity index (χ2v) is 7.36.